The fraction of sp³-hybridized carbons (Fsp3) is 0.452. The summed E-state index contributed by atoms with van der Waals surface area (Å²) in [5.41, 5.74) is 2.84. The zero-order valence-corrected chi connectivity index (χ0v) is 23.7. The summed E-state index contributed by atoms with van der Waals surface area (Å²) in [4.78, 5) is 42.1. The van der Waals surface area contributed by atoms with E-state index in [-0.39, 0.29) is 18.9 Å². The van der Waals surface area contributed by atoms with Crippen LogP contribution in [-0.4, -0.2) is 47.5 Å². The van der Waals surface area contributed by atoms with Crippen LogP contribution in [0.3, 0.4) is 0 Å². The maximum Gasteiger partial charge on any atom is 0.408 e. The third-order valence-corrected chi connectivity index (χ3v) is 5.99. The van der Waals surface area contributed by atoms with Gasteiger partial charge in [-0.2, -0.15) is 0 Å². The molecule has 2 atom stereocenters. The molecular weight excluding hydrogens is 478 g/mol. The van der Waals surface area contributed by atoms with Crippen LogP contribution in [0.1, 0.15) is 68.8 Å². The molecule has 0 aliphatic rings. The zero-order chi connectivity index (χ0) is 28.3. The van der Waals surface area contributed by atoms with Gasteiger partial charge >= 0.3 is 6.09 Å². The molecule has 0 saturated carbocycles. The largest absolute Gasteiger partial charge is 0.444 e. The molecule has 7 nitrogen and oxygen atoms in total. The van der Waals surface area contributed by atoms with Crippen molar-refractivity contribution < 1.29 is 19.1 Å². The quantitative estimate of drug-likeness (QED) is 0.289. The van der Waals surface area contributed by atoms with E-state index >= 15 is 0 Å². The van der Waals surface area contributed by atoms with Crippen LogP contribution >= 0.6 is 0 Å². The molecule has 0 heterocycles. The van der Waals surface area contributed by atoms with Crippen molar-refractivity contribution in [3.05, 3.63) is 83.4 Å². The monoisotopic (exact) mass is 521 g/mol. The second-order valence-electron chi connectivity index (χ2n) is 10.6. The number of hydrogen-bond acceptors (Lipinski definition) is 4. The summed E-state index contributed by atoms with van der Waals surface area (Å²) in [6.07, 6.45) is 2.91. The number of rotatable bonds is 12. The van der Waals surface area contributed by atoms with Crippen LogP contribution in [0, 0.1) is 13.8 Å². The van der Waals surface area contributed by atoms with Gasteiger partial charge in [-0.15, -0.1) is 6.58 Å². The lowest BCUT2D eigenvalue weighted by Gasteiger charge is -2.34. The van der Waals surface area contributed by atoms with Crippen molar-refractivity contribution in [1.82, 2.24) is 15.5 Å². The molecule has 0 aliphatic carbocycles. The lowest BCUT2D eigenvalue weighted by Crippen LogP contribution is -2.54. The van der Waals surface area contributed by atoms with E-state index in [1.165, 1.54) is 4.90 Å². The first-order valence-corrected chi connectivity index (χ1v) is 13.3. The van der Waals surface area contributed by atoms with Crippen LogP contribution < -0.4 is 10.6 Å². The average molecular weight is 522 g/mol. The maximum atomic E-state index is 14.2. The van der Waals surface area contributed by atoms with Crippen LogP contribution in [-0.2, 0) is 20.7 Å². The van der Waals surface area contributed by atoms with Gasteiger partial charge in [0, 0.05) is 19.5 Å². The number of nitrogens with zero attached hydrogens (tertiary/aromatic N) is 1. The molecule has 0 aromatic heterocycles. The molecule has 2 unspecified atom stereocenters. The summed E-state index contributed by atoms with van der Waals surface area (Å²) >= 11 is 0. The van der Waals surface area contributed by atoms with E-state index in [2.05, 4.69) is 24.1 Å². The van der Waals surface area contributed by atoms with E-state index in [0.717, 1.165) is 35.1 Å². The molecule has 38 heavy (non-hydrogen) atoms. The second kappa shape index (κ2) is 14.4. The van der Waals surface area contributed by atoms with E-state index in [0.29, 0.717) is 6.54 Å². The van der Waals surface area contributed by atoms with Gasteiger partial charge in [0.05, 0.1) is 0 Å². The number of hydrogen-bond donors (Lipinski definition) is 2. The first kappa shape index (κ1) is 30.6. The Labute approximate surface area is 227 Å². The first-order valence-electron chi connectivity index (χ1n) is 13.3. The predicted molar refractivity (Wildman–Crippen MR) is 152 cm³/mol. The van der Waals surface area contributed by atoms with Crippen molar-refractivity contribution >= 4 is 17.9 Å². The molecule has 0 radical (unpaired) electrons. The minimum absolute atomic E-state index is 0.124. The highest BCUT2D eigenvalue weighted by Crippen LogP contribution is 2.27. The molecule has 2 aromatic rings. The number of unbranched alkanes of at least 4 members (excludes halogenated alkanes) is 1. The van der Waals surface area contributed by atoms with Gasteiger partial charge in [-0.25, -0.2) is 4.79 Å². The number of carbonyl (C=O) groups excluding carboxylic acids is 3. The van der Waals surface area contributed by atoms with Gasteiger partial charge in [-0.1, -0.05) is 73.5 Å². The summed E-state index contributed by atoms with van der Waals surface area (Å²) in [6.45, 7) is 15.8. The normalized spacial score (nSPS) is 12.7. The molecule has 0 spiro atoms. The van der Waals surface area contributed by atoms with Crippen LogP contribution in [0.2, 0.25) is 0 Å². The smallest absolute Gasteiger partial charge is 0.408 e. The Balaban J connectivity index is 2.52. The molecule has 206 valence electrons. The Bertz CT molecular complexity index is 1090. The van der Waals surface area contributed by atoms with E-state index < -0.39 is 29.7 Å². The van der Waals surface area contributed by atoms with Crippen molar-refractivity contribution in [1.29, 1.82) is 0 Å². The van der Waals surface area contributed by atoms with Gasteiger partial charge in [-0.05, 0) is 57.7 Å². The summed E-state index contributed by atoms with van der Waals surface area (Å²) in [5.74, 6) is -0.661. The standard InChI is InChI=1S/C31H43N3O4/c1-8-10-18-32-28(35)27(25-17-16-22(3)20-23(25)4)34(19-9-2)29(36)26(21-24-14-12-11-13-15-24)33-30(37)38-31(5,6)7/h9,11-17,20,26-27H,2,8,10,18-19,21H2,1,3-7H3,(H,32,35)(H,33,37). The molecule has 3 amide bonds. The van der Waals surface area contributed by atoms with Crippen molar-refractivity contribution in [2.75, 3.05) is 13.1 Å². The minimum atomic E-state index is -0.955. The Morgan fingerprint density at radius 1 is 1.08 bits per heavy atom. The third kappa shape index (κ3) is 9.36. The van der Waals surface area contributed by atoms with Crippen LogP contribution in [0.5, 0.6) is 0 Å². The van der Waals surface area contributed by atoms with Crippen LogP contribution in [0.25, 0.3) is 0 Å². The number of ether oxygens (including phenoxy) is 1. The molecule has 0 aliphatic heterocycles. The Morgan fingerprint density at radius 3 is 2.34 bits per heavy atom. The number of alkyl carbamates (subject to hydrolysis) is 1. The van der Waals surface area contributed by atoms with E-state index in [1.54, 1.807) is 26.8 Å². The number of aryl methyl sites for hydroxylation is 2. The predicted octanol–water partition coefficient (Wildman–Crippen LogP) is 5.41. The minimum Gasteiger partial charge on any atom is -0.444 e. The second-order valence-corrected chi connectivity index (χ2v) is 10.6. The van der Waals surface area contributed by atoms with Crippen molar-refractivity contribution in [3.8, 4) is 0 Å². The Hall–Kier alpha value is -3.61. The maximum absolute atomic E-state index is 14.2. The molecule has 2 N–H and O–H groups in total. The Morgan fingerprint density at radius 2 is 1.76 bits per heavy atom. The fourth-order valence-corrected chi connectivity index (χ4v) is 4.23. The van der Waals surface area contributed by atoms with E-state index in [4.69, 9.17) is 4.74 Å². The number of amides is 3. The summed E-state index contributed by atoms with van der Waals surface area (Å²) in [6, 6.07) is 13.4. The molecule has 0 saturated heterocycles. The van der Waals surface area contributed by atoms with Gasteiger partial charge in [0.15, 0.2) is 0 Å². The Kier molecular flexibility index (Phi) is 11.6. The first-order chi connectivity index (χ1) is 18.0. The van der Waals surface area contributed by atoms with Crippen LogP contribution in [0.15, 0.2) is 61.2 Å². The molecule has 0 bridgehead atoms. The summed E-state index contributed by atoms with van der Waals surface area (Å²) < 4.78 is 5.47. The van der Waals surface area contributed by atoms with Crippen molar-refractivity contribution in [2.45, 2.75) is 78.5 Å². The van der Waals surface area contributed by atoms with Gasteiger partial charge in [0.1, 0.15) is 17.7 Å². The number of nitrogens with one attached hydrogen (secondary N) is 2. The topological polar surface area (TPSA) is 87.7 Å². The van der Waals surface area contributed by atoms with Crippen molar-refractivity contribution in [2.24, 2.45) is 0 Å². The van der Waals surface area contributed by atoms with Crippen LogP contribution in [0.4, 0.5) is 4.79 Å². The molecular formula is C31H43N3O4. The van der Waals surface area contributed by atoms with Crippen molar-refractivity contribution in [3.63, 3.8) is 0 Å². The number of benzene rings is 2. The molecule has 2 rings (SSSR count). The van der Waals surface area contributed by atoms with E-state index in [1.807, 2.05) is 62.4 Å². The highest BCUT2D eigenvalue weighted by Gasteiger charge is 2.36. The molecule has 2 aromatic carbocycles. The average Bonchev–Trinajstić information content (AvgIpc) is 2.83. The fourth-order valence-electron chi connectivity index (χ4n) is 4.23. The van der Waals surface area contributed by atoms with Gasteiger partial charge in [-0.3, -0.25) is 9.59 Å². The lowest BCUT2D eigenvalue weighted by atomic mass is 9.95. The number of carbonyl (C=O) groups is 3. The van der Waals surface area contributed by atoms with Gasteiger partial charge in [0.25, 0.3) is 0 Å². The SMILES string of the molecule is C=CCN(C(=O)C(Cc1ccccc1)NC(=O)OC(C)(C)C)C(C(=O)NCCCC)c1ccc(C)cc1C. The molecule has 0 fully saturated rings. The molecule has 7 heteroatoms. The van der Waals surface area contributed by atoms with Gasteiger partial charge in [0.2, 0.25) is 11.8 Å². The lowest BCUT2D eigenvalue weighted by molar-refractivity contribution is -0.141. The highest BCUT2D eigenvalue weighted by molar-refractivity contribution is 5.92. The van der Waals surface area contributed by atoms with Gasteiger partial charge < -0.3 is 20.3 Å². The zero-order valence-electron chi connectivity index (χ0n) is 23.7. The summed E-state index contributed by atoms with van der Waals surface area (Å²) in [5, 5.41) is 5.76. The third-order valence-electron chi connectivity index (χ3n) is 5.99. The van der Waals surface area contributed by atoms with E-state index in [9.17, 15) is 14.4 Å². The summed E-state index contributed by atoms with van der Waals surface area (Å²) in [7, 11) is 0. The highest BCUT2D eigenvalue weighted by atomic mass is 16.6.